The molecule has 2 N–H and O–H groups in total. The summed E-state index contributed by atoms with van der Waals surface area (Å²) in [7, 11) is 0. The third-order valence-electron chi connectivity index (χ3n) is 2.87. The summed E-state index contributed by atoms with van der Waals surface area (Å²) in [5, 5.41) is 10.3. The Kier molecular flexibility index (Phi) is 4.06. The van der Waals surface area contributed by atoms with Gasteiger partial charge in [0.15, 0.2) is 0 Å². The number of aromatic nitrogens is 2. The average Bonchev–Trinajstić information content (AvgIpc) is 2.67. The Hall–Kier alpha value is -1.01. The van der Waals surface area contributed by atoms with E-state index in [2.05, 4.69) is 15.5 Å². The van der Waals surface area contributed by atoms with Crippen molar-refractivity contribution in [2.45, 2.75) is 18.7 Å². The molecule has 2 rings (SSSR count). The van der Waals surface area contributed by atoms with Crippen molar-refractivity contribution < 1.29 is 4.79 Å². The van der Waals surface area contributed by atoms with E-state index in [0.717, 1.165) is 42.5 Å². The van der Waals surface area contributed by atoms with Gasteiger partial charge in [-0.05, 0) is 13.8 Å². The molecule has 0 saturated carbocycles. The van der Waals surface area contributed by atoms with E-state index in [1.807, 2.05) is 18.7 Å². The van der Waals surface area contributed by atoms with Crippen LogP contribution in [0.4, 0.5) is 0 Å². The van der Waals surface area contributed by atoms with Gasteiger partial charge in [-0.15, -0.1) is 11.8 Å². The zero-order chi connectivity index (χ0) is 12.3. The van der Waals surface area contributed by atoms with E-state index in [9.17, 15) is 4.79 Å². The van der Waals surface area contributed by atoms with E-state index in [1.54, 1.807) is 11.8 Å². The number of rotatable bonds is 3. The first-order valence-electron chi connectivity index (χ1n) is 5.81. The number of aryl methyl sites for hydroxylation is 2. The average molecular weight is 254 g/mol. The first kappa shape index (κ1) is 12.4. The Morgan fingerprint density at radius 3 is 2.71 bits per heavy atom. The highest BCUT2D eigenvalue weighted by molar-refractivity contribution is 8.00. The van der Waals surface area contributed by atoms with Crippen molar-refractivity contribution in [2.24, 2.45) is 0 Å². The lowest BCUT2D eigenvalue weighted by Crippen LogP contribution is -2.47. The molecule has 0 aromatic carbocycles. The highest BCUT2D eigenvalue weighted by atomic mass is 32.2. The number of amides is 1. The van der Waals surface area contributed by atoms with E-state index < -0.39 is 0 Å². The van der Waals surface area contributed by atoms with Gasteiger partial charge in [-0.2, -0.15) is 5.10 Å². The van der Waals surface area contributed by atoms with Crippen molar-refractivity contribution in [3.8, 4) is 0 Å². The molecular weight excluding hydrogens is 236 g/mol. The number of hydrogen-bond donors (Lipinski definition) is 2. The van der Waals surface area contributed by atoms with Gasteiger partial charge >= 0.3 is 0 Å². The van der Waals surface area contributed by atoms with Gasteiger partial charge in [0.1, 0.15) is 0 Å². The van der Waals surface area contributed by atoms with Crippen molar-refractivity contribution >= 4 is 17.7 Å². The Morgan fingerprint density at radius 1 is 1.41 bits per heavy atom. The zero-order valence-electron chi connectivity index (χ0n) is 10.2. The summed E-state index contributed by atoms with van der Waals surface area (Å²) in [5.41, 5.74) is 2.02. The number of nitrogens with one attached hydrogen (secondary N) is 2. The van der Waals surface area contributed by atoms with Crippen molar-refractivity contribution in [3.63, 3.8) is 0 Å². The fourth-order valence-corrected chi connectivity index (χ4v) is 2.86. The quantitative estimate of drug-likeness (QED) is 0.773. The highest BCUT2D eigenvalue weighted by Crippen LogP contribution is 2.24. The first-order chi connectivity index (χ1) is 8.18. The van der Waals surface area contributed by atoms with Crippen LogP contribution in [-0.4, -0.2) is 52.9 Å². The van der Waals surface area contributed by atoms with E-state index >= 15 is 0 Å². The van der Waals surface area contributed by atoms with E-state index in [0.29, 0.717) is 5.75 Å². The van der Waals surface area contributed by atoms with Gasteiger partial charge in [-0.1, -0.05) is 0 Å². The van der Waals surface area contributed by atoms with Crippen LogP contribution in [0.5, 0.6) is 0 Å². The van der Waals surface area contributed by atoms with Crippen LogP contribution in [0.15, 0.2) is 4.90 Å². The molecule has 0 radical (unpaired) electrons. The van der Waals surface area contributed by atoms with Crippen LogP contribution in [0.3, 0.4) is 0 Å². The maximum absolute atomic E-state index is 12.0. The standard InChI is InChI=1S/C11H18N4OS/c1-8-11(9(2)14-13-8)17-7-10(16)15-5-3-12-4-6-15/h12H,3-7H2,1-2H3,(H,13,14). The van der Waals surface area contributed by atoms with Crippen LogP contribution < -0.4 is 5.32 Å². The van der Waals surface area contributed by atoms with Gasteiger partial charge in [-0.25, -0.2) is 0 Å². The van der Waals surface area contributed by atoms with Crippen molar-refractivity contribution in [3.05, 3.63) is 11.4 Å². The summed E-state index contributed by atoms with van der Waals surface area (Å²) in [6.07, 6.45) is 0. The van der Waals surface area contributed by atoms with Crippen LogP contribution in [0.2, 0.25) is 0 Å². The van der Waals surface area contributed by atoms with Gasteiger partial charge in [0.2, 0.25) is 5.91 Å². The van der Waals surface area contributed by atoms with Crippen LogP contribution in [0.25, 0.3) is 0 Å². The molecule has 94 valence electrons. The summed E-state index contributed by atoms with van der Waals surface area (Å²) in [6.45, 7) is 7.39. The molecule has 0 atom stereocenters. The molecule has 5 nitrogen and oxygen atoms in total. The predicted octanol–water partition coefficient (Wildman–Crippen LogP) is 0.550. The van der Waals surface area contributed by atoms with E-state index in [4.69, 9.17) is 0 Å². The van der Waals surface area contributed by atoms with Crippen LogP contribution >= 0.6 is 11.8 Å². The summed E-state index contributed by atoms with van der Waals surface area (Å²) < 4.78 is 0. The second kappa shape index (κ2) is 5.55. The molecule has 1 aliphatic heterocycles. The first-order valence-corrected chi connectivity index (χ1v) is 6.80. The molecule has 1 aliphatic rings. The normalized spacial score (nSPS) is 16.2. The van der Waals surface area contributed by atoms with Gasteiger partial charge in [0.25, 0.3) is 0 Å². The molecule has 1 amide bonds. The molecule has 1 fully saturated rings. The number of carbonyl (C=O) groups excluding carboxylic acids is 1. The van der Waals surface area contributed by atoms with Crippen LogP contribution in [-0.2, 0) is 4.79 Å². The highest BCUT2D eigenvalue weighted by Gasteiger charge is 2.17. The molecular formula is C11H18N4OS. The number of nitrogens with zero attached hydrogens (tertiary/aromatic N) is 2. The summed E-state index contributed by atoms with van der Waals surface area (Å²) in [4.78, 5) is 15.0. The lowest BCUT2D eigenvalue weighted by Gasteiger charge is -2.27. The maximum Gasteiger partial charge on any atom is 0.233 e. The van der Waals surface area contributed by atoms with Gasteiger partial charge in [-0.3, -0.25) is 9.89 Å². The minimum absolute atomic E-state index is 0.219. The SMILES string of the molecule is Cc1n[nH]c(C)c1SCC(=O)N1CCNCC1. The monoisotopic (exact) mass is 254 g/mol. The Labute approximate surface area is 105 Å². The Balaban J connectivity index is 1.87. The molecule has 6 heteroatoms. The minimum atomic E-state index is 0.219. The Morgan fingerprint density at radius 2 is 2.12 bits per heavy atom. The molecule has 2 heterocycles. The second-order valence-electron chi connectivity index (χ2n) is 4.18. The molecule has 0 bridgehead atoms. The predicted molar refractivity (Wildman–Crippen MR) is 68.2 cm³/mol. The number of thioether (sulfide) groups is 1. The van der Waals surface area contributed by atoms with E-state index in [1.165, 1.54) is 0 Å². The maximum atomic E-state index is 12.0. The topological polar surface area (TPSA) is 61.0 Å². The molecule has 0 spiro atoms. The lowest BCUT2D eigenvalue weighted by atomic mass is 10.3. The summed E-state index contributed by atoms with van der Waals surface area (Å²) in [6, 6.07) is 0. The van der Waals surface area contributed by atoms with Gasteiger partial charge in [0, 0.05) is 31.9 Å². The number of carbonyl (C=O) groups is 1. The number of H-pyrrole nitrogens is 1. The minimum Gasteiger partial charge on any atom is -0.339 e. The molecule has 1 saturated heterocycles. The van der Waals surface area contributed by atoms with Crippen molar-refractivity contribution in [1.82, 2.24) is 20.4 Å². The third-order valence-corrected chi connectivity index (χ3v) is 4.15. The number of aromatic amines is 1. The van der Waals surface area contributed by atoms with Crippen molar-refractivity contribution in [2.75, 3.05) is 31.9 Å². The number of hydrogen-bond acceptors (Lipinski definition) is 4. The molecule has 17 heavy (non-hydrogen) atoms. The molecule has 1 aromatic heterocycles. The smallest absolute Gasteiger partial charge is 0.233 e. The lowest BCUT2D eigenvalue weighted by molar-refractivity contribution is -0.128. The van der Waals surface area contributed by atoms with E-state index in [-0.39, 0.29) is 5.91 Å². The summed E-state index contributed by atoms with van der Waals surface area (Å²) >= 11 is 1.58. The molecule has 0 unspecified atom stereocenters. The second-order valence-corrected chi connectivity index (χ2v) is 5.17. The molecule has 0 aliphatic carbocycles. The molecule has 1 aromatic rings. The van der Waals surface area contributed by atoms with Crippen molar-refractivity contribution in [1.29, 1.82) is 0 Å². The fraction of sp³-hybridized carbons (Fsp3) is 0.636. The third kappa shape index (κ3) is 3.01. The number of piperazine rings is 1. The Bertz CT molecular complexity index is 379. The van der Waals surface area contributed by atoms with Crippen LogP contribution in [0.1, 0.15) is 11.4 Å². The largest absolute Gasteiger partial charge is 0.339 e. The van der Waals surface area contributed by atoms with Gasteiger partial charge < -0.3 is 10.2 Å². The summed E-state index contributed by atoms with van der Waals surface area (Å²) in [5.74, 6) is 0.720. The van der Waals surface area contributed by atoms with Gasteiger partial charge in [0.05, 0.1) is 16.3 Å². The zero-order valence-corrected chi connectivity index (χ0v) is 11.1. The fourth-order valence-electron chi connectivity index (χ4n) is 1.89. The van der Waals surface area contributed by atoms with Crippen LogP contribution in [0, 0.1) is 13.8 Å².